The number of halogens is 3. The van der Waals surface area contributed by atoms with E-state index < -0.39 is 23.1 Å². The molecule has 0 aliphatic carbocycles. The summed E-state index contributed by atoms with van der Waals surface area (Å²) in [4.78, 5) is 13.3. The Kier molecular flexibility index (Phi) is 4.46. The van der Waals surface area contributed by atoms with Crippen LogP contribution in [0, 0.1) is 6.92 Å². The SMILES string of the molecule is Cc1ccc([C@@]2(c3ccc(CO)cc3)C(=O)Nc3c(C(F)(F)F)cccc32)cc1. The number of benzene rings is 3. The average Bonchev–Trinajstić information content (AvgIpc) is 3.00. The number of hydrogen-bond acceptors (Lipinski definition) is 2. The van der Waals surface area contributed by atoms with Crippen molar-refractivity contribution >= 4 is 11.6 Å². The number of rotatable bonds is 3. The molecule has 0 aromatic heterocycles. The largest absolute Gasteiger partial charge is 0.418 e. The minimum atomic E-state index is -4.59. The molecule has 0 spiro atoms. The highest BCUT2D eigenvalue weighted by Crippen LogP contribution is 2.51. The van der Waals surface area contributed by atoms with Crippen molar-refractivity contribution in [1.29, 1.82) is 0 Å². The first kappa shape index (κ1) is 19.2. The number of aliphatic hydroxyl groups excluding tert-OH is 1. The number of carbonyl (C=O) groups excluding carboxylic acids is 1. The predicted molar refractivity (Wildman–Crippen MR) is 103 cm³/mol. The van der Waals surface area contributed by atoms with Gasteiger partial charge in [-0.3, -0.25) is 4.79 Å². The molecule has 3 nitrogen and oxygen atoms in total. The third-order valence-corrected chi connectivity index (χ3v) is 5.41. The van der Waals surface area contributed by atoms with Gasteiger partial charge in [0, 0.05) is 5.56 Å². The molecule has 1 amide bonds. The number of nitrogens with one attached hydrogen (secondary N) is 1. The van der Waals surface area contributed by atoms with Crippen LogP contribution in [-0.4, -0.2) is 11.0 Å². The second-order valence-electron chi connectivity index (χ2n) is 7.15. The summed E-state index contributed by atoms with van der Waals surface area (Å²) in [6.07, 6.45) is -4.59. The Bertz CT molecular complexity index is 1070. The Morgan fingerprint density at radius 2 is 1.52 bits per heavy atom. The van der Waals surface area contributed by atoms with Gasteiger partial charge in [0.25, 0.3) is 0 Å². The van der Waals surface area contributed by atoms with Crippen LogP contribution in [0.2, 0.25) is 0 Å². The average molecular weight is 397 g/mol. The molecule has 0 unspecified atom stereocenters. The van der Waals surface area contributed by atoms with Crippen LogP contribution in [0.3, 0.4) is 0 Å². The lowest BCUT2D eigenvalue weighted by Gasteiger charge is -2.29. The summed E-state index contributed by atoms with van der Waals surface area (Å²) >= 11 is 0. The lowest BCUT2D eigenvalue weighted by molar-refractivity contribution is -0.136. The van der Waals surface area contributed by atoms with Crippen LogP contribution in [0.15, 0.2) is 66.7 Å². The van der Waals surface area contributed by atoms with Gasteiger partial charge in [0.1, 0.15) is 5.41 Å². The van der Waals surface area contributed by atoms with Crippen molar-refractivity contribution in [3.8, 4) is 0 Å². The van der Waals surface area contributed by atoms with E-state index in [1.807, 2.05) is 19.1 Å². The van der Waals surface area contributed by atoms with Crippen LogP contribution < -0.4 is 5.32 Å². The molecule has 148 valence electrons. The first-order valence-electron chi connectivity index (χ1n) is 9.08. The fourth-order valence-corrected chi connectivity index (χ4v) is 3.97. The number of para-hydroxylation sites is 1. The summed E-state index contributed by atoms with van der Waals surface area (Å²) in [5, 5.41) is 11.8. The van der Waals surface area contributed by atoms with Crippen molar-refractivity contribution in [2.45, 2.75) is 25.1 Å². The van der Waals surface area contributed by atoms with E-state index in [9.17, 15) is 23.1 Å². The summed E-state index contributed by atoms with van der Waals surface area (Å²) < 4.78 is 40.8. The molecule has 3 aromatic rings. The predicted octanol–water partition coefficient (Wildman–Crippen LogP) is 4.79. The monoisotopic (exact) mass is 397 g/mol. The van der Waals surface area contributed by atoms with Crippen molar-refractivity contribution in [2.24, 2.45) is 0 Å². The van der Waals surface area contributed by atoms with Gasteiger partial charge in [-0.1, -0.05) is 66.2 Å². The lowest BCUT2D eigenvalue weighted by atomic mass is 9.70. The number of fused-ring (bicyclic) bond motifs is 1. The summed E-state index contributed by atoms with van der Waals surface area (Å²) in [5.41, 5.74) is 0.499. The van der Waals surface area contributed by atoms with E-state index in [-0.39, 0.29) is 17.9 Å². The molecule has 0 fully saturated rings. The Morgan fingerprint density at radius 3 is 2.07 bits per heavy atom. The number of aliphatic hydroxyl groups is 1. The third kappa shape index (κ3) is 2.91. The Labute approximate surface area is 165 Å². The molecule has 29 heavy (non-hydrogen) atoms. The standard InChI is InChI=1S/C23H18F3NO2/c1-14-5-9-16(10-6-14)22(17-11-7-15(13-28)8-12-17)18-3-2-4-19(23(24,25)26)20(18)27-21(22)29/h2-12,28H,13H2,1H3,(H,27,29)/t22-/m0/s1. The van der Waals surface area contributed by atoms with E-state index >= 15 is 0 Å². The highest BCUT2D eigenvalue weighted by atomic mass is 19.4. The normalized spacial score (nSPS) is 18.4. The number of hydrogen-bond donors (Lipinski definition) is 2. The minimum absolute atomic E-state index is 0.168. The van der Waals surface area contributed by atoms with E-state index in [1.165, 1.54) is 6.07 Å². The number of aryl methyl sites for hydroxylation is 1. The summed E-state index contributed by atoms with van der Waals surface area (Å²) in [6.45, 7) is 1.73. The fraction of sp³-hybridized carbons (Fsp3) is 0.174. The molecular formula is C23H18F3NO2. The molecular weight excluding hydrogens is 379 g/mol. The zero-order chi connectivity index (χ0) is 20.8. The van der Waals surface area contributed by atoms with Gasteiger partial charge in [-0.05, 0) is 29.7 Å². The maximum atomic E-state index is 13.6. The van der Waals surface area contributed by atoms with Crippen LogP contribution >= 0.6 is 0 Å². The van der Waals surface area contributed by atoms with Crippen molar-refractivity contribution in [2.75, 3.05) is 5.32 Å². The number of anilines is 1. The lowest BCUT2D eigenvalue weighted by Crippen LogP contribution is -2.37. The van der Waals surface area contributed by atoms with Gasteiger partial charge in [-0.15, -0.1) is 0 Å². The molecule has 1 aliphatic heterocycles. The Balaban J connectivity index is 2.05. The second-order valence-corrected chi connectivity index (χ2v) is 7.15. The highest BCUT2D eigenvalue weighted by Gasteiger charge is 2.52. The zero-order valence-electron chi connectivity index (χ0n) is 15.5. The van der Waals surface area contributed by atoms with Gasteiger partial charge in [0.15, 0.2) is 0 Å². The number of alkyl halides is 3. The van der Waals surface area contributed by atoms with Gasteiger partial charge < -0.3 is 10.4 Å². The first-order valence-corrected chi connectivity index (χ1v) is 9.08. The molecule has 3 aromatic carbocycles. The second kappa shape index (κ2) is 6.74. The molecule has 0 saturated carbocycles. The van der Waals surface area contributed by atoms with Gasteiger partial charge in [0.2, 0.25) is 5.91 Å². The summed E-state index contributed by atoms with van der Waals surface area (Å²) in [6, 6.07) is 17.8. The maximum Gasteiger partial charge on any atom is 0.418 e. The van der Waals surface area contributed by atoms with Crippen LogP contribution in [0.5, 0.6) is 0 Å². The van der Waals surface area contributed by atoms with E-state index in [1.54, 1.807) is 42.5 Å². The summed E-state index contributed by atoms with van der Waals surface area (Å²) in [5.74, 6) is -0.537. The van der Waals surface area contributed by atoms with E-state index in [4.69, 9.17) is 0 Å². The van der Waals surface area contributed by atoms with E-state index in [0.29, 0.717) is 16.7 Å². The molecule has 1 aliphatic rings. The van der Waals surface area contributed by atoms with Gasteiger partial charge in [0.05, 0.1) is 17.9 Å². The maximum absolute atomic E-state index is 13.6. The number of amides is 1. The molecule has 1 atom stereocenters. The third-order valence-electron chi connectivity index (χ3n) is 5.41. The molecule has 0 saturated heterocycles. The zero-order valence-corrected chi connectivity index (χ0v) is 15.5. The quantitative estimate of drug-likeness (QED) is 0.668. The molecule has 6 heteroatoms. The highest BCUT2D eigenvalue weighted by molar-refractivity contribution is 6.12. The molecule has 0 bridgehead atoms. The van der Waals surface area contributed by atoms with Crippen LogP contribution in [-0.2, 0) is 23.0 Å². The Hall–Kier alpha value is -3.12. The minimum Gasteiger partial charge on any atom is -0.392 e. The van der Waals surface area contributed by atoms with Crippen molar-refractivity contribution < 1.29 is 23.1 Å². The molecule has 0 radical (unpaired) electrons. The topological polar surface area (TPSA) is 49.3 Å². The van der Waals surface area contributed by atoms with Gasteiger partial charge in [-0.25, -0.2) is 0 Å². The van der Waals surface area contributed by atoms with Gasteiger partial charge >= 0.3 is 6.18 Å². The van der Waals surface area contributed by atoms with Crippen LogP contribution in [0.4, 0.5) is 18.9 Å². The molecule has 1 heterocycles. The molecule has 2 N–H and O–H groups in total. The molecule has 4 rings (SSSR count). The van der Waals surface area contributed by atoms with Crippen LogP contribution in [0.25, 0.3) is 0 Å². The van der Waals surface area contributed by atoms with Crippen molar-refractivity contribution in [1.82, 2.24) is 0 Å². The smallest absolute Gasteiger partial charge is 0.392 e. The number of carbonyl (C=O) groups is 1. The van der Waals surface area contributed by atoms with Crippen molar-refractivity contribution in [3.05, 3.63) is 100 Å². The van der Waals surface area contributed by atoms with Gasteiger partial charge in [-0.2, -0.15) is 13.2 Å². The van der Waals surface area contributed by atoms with Crippen LogP contribution in [0.1, 0.15) is 33.4 Å². The summed E-state index contributed by atoms with van der Waals surface area (Å²) in [7, 11) is 0. The van der Waals surface area contributed by atoms with Crippen molar-refractivity contribution in [3.63, 3.8) is 0 Å². The van der Waals surface area contributed by atoms with E-state index in [2.05, 4.69) is 5.32 Å². The van der Waals surface area contributed by atoms with E-state index in [0.717, 1.165) is 11.6 Å². The first-order chi connectivity index (χ1) is 13.8. The fourth-order valence-electron chi connectivity index (χ4n) is 3.97. The Morgan fingerprint density at radius 1 is 0.931 bits per heavy atom.